The Kier molecular flexibility index (Phi) is 2.19. The summed E-state index contributed by atoms with van der Waals surface area (Å²) >= 11 is 0. The van der Waals surface area contributed by atoms with Gasteiger partial charge in [-0.15, -0.1) is 0 Å². The first kappa shape index (κ1) is 10.6. The second-order valence-electron chi connectivity index (χ2n) is 5.32. The van der Waals surface area contributed by atoms with Crippen LogP contribution in [-0.4, -0.2) is 17.0 Å². The van der Waals surface area contributed by atoms with E-state index in [9.17, 15) is 0 Å². The Bertz CT molecular complexity index is 494. The Morgan fingerprint density at radius 1 is 1.29 bits per heavy atom. The maximum atomic E-state index is 4.31. The summed E-state index contributed by atoms with van der Waals surface area (Å²) in [5.41, 5.74) is 5.47. The number of nitrogens with zero attached hydrogens (tertiary/aromatic N) is 1. The van der Waals surface area contributed by atoms with Gasteiger partial charge < -0.3 is 4.90 Å². The zero-order valence-corrected chi connectivity index (χ0v) is 10.5. The molecule has 1 heteroatoms. The minimum Gasteiger partial charge on any atom is -0.362 e. The van der Waals surface area contributed by atoms with Crippen LogP contribution >= 0.6 is 0 Å². The summed E-state index contributed by atoms with van der Waals surface area (Å²) in [7, 11) is 0. The normalized spacial score (nSPS) is 21.0. The van der Waals surface area contributed by atoms with Crippen molar-refractivity contribution >= 4 is 5.70 Å². The van der Waals surface area contributed by atoms with Crippen LogP contribution in [0.5, 0.6) is 0 Å². The molecule has 0 amide bonds. The molecule has 0 N–H and O–H groups in total. The van der Waals surface area contributed by atoms with Crippen molar-refractivity contribution < 1.29 is 0 Å². The number of benzene rings is 1. The van der Waals surface area contributed by atoms with E-state index in [4.69, 9.17) is 0 Å². The lowest BCUT2D eigenvalue weighted by Gasteiger charge is -2.40. The monoisotopic (exact) mass is 225 g/mol. The van der Waals surface area contributed by atoms with E-state index in [1.165, 1.54) is 35.2 Å². The molecule has 2 aliphatic rings. The van der Waals surface area contributed by atoms with Crippen molar-refractivity contribution in [3.63, 3.8) is 0 Å². The molecule has 0 radical (unpaired) electrons. The highest BCUT2D eigenvalue weighted by Gasteiger charge is 2.49. The first-order valence-corrected chi connectivity index (χ1v) is 6.36. The number of hydrogen-bond acceptors (Lipinski definition) is 1. The summed E-state index contributed by atoms with van der Waals surface area (Å²) in [5, 5.41) is 0. The summed E-state index contributed by atoms with van der Waals surface area (Å²) in [6, 6.07) is 8.64. The quantitative estimate of drug-likeness (QED) is 0.695. The number of rotatable bonds is 2. The van der Waals surface area contributed by atoms with Crippen LogP contribution in [0.3, 0.4) is 0 Å². The van der Waals surface area contributed by atoms with Crippen molar-refractivity contribution in [1.82, 2.24) is 4.90 Å². The van der Waals surface area contributed by atoms with Gasteiger partial charge in [-0.05, 0) is 31.7 Å². The van der Waals surface area contributed by atoms with Gasteiger partial charge in [-0.3, -0.25) is 0 Å². The predicted molar refractivity (Wildman–Crippen MR) is 72.7 cm³/mol. The fraction of sp³-hybridized carbons (Fsp3) is 0.375. The molecule has 0 unspecified atom stereocenters. The van der Waals surface area contributed by atoms with Gasteiger partial charge in [0.05, 0.1) is 5.54 Å². The van der Waals surface area contributed by atoms with Gasteiger partial charge in [0.15, 0.2) is 0 Å². The molecule has 1 aromatic rings. The minimum atomic E-state index is 0.227. The molecule has 0 bridgehead atoms. The Morgan fingerprint density at radius 3 is 2.65 bits per heavy atom. The molecular formula is C16H19N. The molecule has 3 rings (SSSR count). The average molecular weight is 225 g/mol. The van der Waals surface area contributed by atoms with Gasteiger partial charge in [0.2, 0.25) is 0 Å². The van der Waals surface area contributed by atoms with Crippen molar-refractivity contribution in [3.05, 3.63) is 54.1 Å². The first-order valence-electron chi connectivity index (χ1n) is 6.36. The Labute approximate surface area is 103 Å². The molecule has 17 heavy (non-hydrogen) atoms. The van der Waals surface area contributed by atoms with Crippen molar-refractivity contribution in [2.45, 2.75) is 31.7 Å². The van der Waals surface area contributed by atoms with E-state index in [1.54, 1.807) is 0 Å². The van der Waals surface area contributed by atoms with Crippen LogP contribution in [-0.2, 0) is 6.42 Å². The van der Waals surface area contributed by atoms with Crippen LogP contribution in [0.15, 0.2) is 43.0 Å². The zero-order valence-electron chi connectivity index (χ0n) is 10.5. The summed E-state index contributed by atoms with van der Waals surface area (Å²) < 4.78 is 0. The van der Waals surface area contributed by atoms with Crippen LogP contribution in [0.2, 0.25) is 0 Å². The van der Waals surface area contributed by atoms with E-state index in [2.05, 4.69) is 49.2 Å². The van der Waals surface area contributed by atoms with Gasteiger partial charge in [0, 0.05) is 17.8 Å². The third-order valence-electron chi connectivity index (χ3n) is 4.29. The lowest BCUT2D eigenvalue weighted by Crippen LogP contribution is -2.40. The van der Waals surface area contributed by atoms with Gasteiger partial charge in [-0.1, -0.05) is 43.0 Å². The van der Waals surface area contributed by atoms with Gasteiger partial charge in [-0.25, -0.2) is 0 Å². The van der Waals surface area contributed by atoms with Crippen LogP contribution < -0.4 is 0 Å². The maximum absolute atomic E-state index is 4.31. The lowest BCUT2D eigenvalue weighted by atomic mass is 9.93. The molecule has 1 aliphatic heterocycles. The molecular weight excluding hydrogens is 206 g/mol. The third-order valence-corrected chi connectivity index (χ3v) is 4.29. The topological polar surface area (TPSA) is 3.24 Å². The van der Waals surface area contributed by atoms with Crippen LogP contribution in [0.4, 0.5) is 0 Å². The van der Waals surface area contributed by atoms with Crippen LogP contribution in [0.25, 0.3) is 5.70 Å². The molecule has 1 nitrogen and oxygen atoms in total. The largest absolute Gasteiger partial charge is 0.362 e. The van der Waals surface area contributed by atoms with Gasteiger partial charge in [-0.2, -0.15) is 0 Å². The van der Waals surface area contributed by atoms with Gasteiger partial charge >= 0.3 is 0 Å². The fourth-order valence-electron chi connectivity index (χ4n) is 3.05. The summed E-state index contributed by atoms with van der Waals surface area (Å²) in [6.45, 7) is 11.7. The maximum Gasteiger partial charge on any atom is 0.0610 e. The van der Waals surface area contributed by atoms with Crippen LogP contribution in [0, 0.1) is 0 Å². The van der Waals surface area contributed by atoms with Crippen molar-refractivity contribution in [2.75, 3.05) is 6.54 Å². The van der Waals surface area contributed by atoms with Crippen molar-refractivity contribution in [2.24, 2.45) is 0 Å². The molecule has 0 atom stereocenters. The van der Waals surface area contributed by atoms with Crippen molar-refractivity contribution in [3.8, 4) is 0 Å². The highest BCUT2D eigenvalue weighted by atomic mass is 15.2. The highest BCUT2D eigenvalue weighted by Crippen LogP contribution is 2.51. The predicted octanol–water partition coefficient (Wildman–Crippen LogP) is 3.62. The molecule has 0 aromatic heterocycles. The molecule has 0 spiro atoms. The van der Waals surface area contributed by atoms with E-state index in [0.29, 0.717) is 0 Å². The summed E-state index contributed by atoms with van der Waals surface area (Å²) in [4.78, 5) is 2.48. The van der Waals surface area contributed by atoms with E-state index in [0.717, 1.165) is 13.0 Å². The van der Waals surface area contributed by atoms with Gasteiger partial charge in [0.1, 0.15) is 0 Å². The average Bonchev–Trinajstić information content (AvgIpc) is 3.11. The lowest BCUT2D eigenvalue weighted by molar-refractivity contribution is 0.304. The first-order chi connectivity index (χ1) is 8.15. The van der Waals surface area contributed by atoms with E-state index >= 15 is 0 Å². The molecule has 1 aromatic carbocycles. The number of fused-ring (bicyclic) bond motifs is 1. The minimum absolute atomic E-state index is 0.227. The Balaban J connectivity index is 1.98. The van der Waals surface area contributed by atoms with Crippen LogP contribution in [0.1, 0.15) is 30.9 Å². The van der Waals surface area contributed by atoms with Crippen molar-refractivity contribution in [1.29, 1.82) is 0 Å². The summed E-state index contributed by atoms with van der Waals surface area (Å²) in [5.74, 6) is 0. The fourth-order valence-corrected chi connectivity index (χ4v) is 3.05. The van der Waals surface area contributed by atoms with Gasteiger partial charge in [0.25, 0.3) is 0 Å². The molecule has 1 heterocycles. The van der Waals surface area contributed by atoms with E-state index in [-0.39, 0.29) is 5.54 Å². The molecule has 1 aliphatic carbocycles. The number of hydrogen-bond donors (Lipinski definition) is 0. The summed E-state index contributed by atoms with van der Waals surface area (Å²) in [6.07, 6.45) is 3.61. The molecule has 88 valence electrons. The highest BCUT2D eigenvalue weighted by molar-refractivity contribution is 5.68. The molecule has 0 saturated heterocycles. The SMILES string of the molecule is C=C1c2ccccc2CCN1C1(C(=C)C)CC1. The Hall–Kier alpha value is -1.50. The second-order valence-corrected chi connectivity index (χ2v) is 5.32. The van der Waals surface area contributed by atoms with E-state index in [1.807, 2.05) is 0 Å². The standard InChI is InChI=1S/C16H19N/c1-12(2)16(9-10-16)17-11-8-14-6-4-5-7-15(14)13(17)3/h4-7H,1,3,8-11H2,2H3. The molecule has 1 fully saturated rings. The molecule has 1 saturated carbocycles. The van der Waals surface area contributed by atoms with E-state index < -0.39 is 0 Å². The smallest absolute Gasteiger partial charge is 0.0610 e. The zero-order chi connectivity index (χ0) is 12.0. The third kappa shape index (κ3) is 1.45. The Morgan fingerprint density at radius 2 is 2.00 bits per heavy atom. The second kappa shape index (κ2) is 3.49.